The van der Waals surface area contributed by atoms with Gasteiger partial charge in [-0.05, 0) is 98.2 Å². The highest BCUT2D eigenvalue weighted by atomic mass is 19.1. The minimum atomic E-state index is -1.67. The highest BCUT2D eigenvalue weighted by Gasteiger charge is 2.68. The Balaban J connectivity index is 1.54. The molecule has 200 valence electrons. The van der Waals surface area contributed by atoms with Crippen molar-refractivity contribution in [2.45, 2.75) is 124 Å². The van der Waals surface area contributed by atoms with Crippen LogP contribution in [0.1, 0.15) is 106 Å². The van der Waals surface area contributed by atoms with Crippen molar-refractivity contribution in [2.24, 2.45) is 52.3 Å². The van der Waals surface area contributed by atoms with Crippen LogP contribution < -0.4 is 0 Å². The largest absolute Gasteiger partial charge is 0.462 e. The third-order valence-corrected chi connectivity index (χ3v) is 11.8. The number of carbonyl (C=O) groups excluding carboxylic acids is 1. The van der Waals surface area contributed by atoms with Crippen molar-refractivity contribution in [1.29, 1.82) is 0 Å². The van der Waals surface area contributed by atoms with Gasteiger partial charge in [-0.3, -0.25) is 4.79 Å². The van der Waals surface area contributed by atoms with Gasteiger partial charge in [-0.25, -0.2) is 4.39 Å². The maximum Gasteiger partial charge on any atom is 0.302 e. The van der Waals surface area contributed by atoms with Crippen LogP contribution in [-0.2, 0) is 9.53 Å². The van der Waals surface area contributed by atoms with Gasteiger partial charge >= 0.3 is 5.97 Å². The smallest absolute Gasteiger partial charge is 0.302 e. The van der Waals surface area contributed by atoms with E-state index < -0.39 is 23.3 Å². The summed E-state index contributed by atoms with van der Waals surface area (Å²) < 4.78 is 22.2. The summed E-state index contributed by atoms with van der Waals surface area (Å²) in [5.41, 5.74) is -1.94. The molecule has 0 unspecified atom stereocenters. The number of fused-ring (bicyclic) bond motifs is 5. The first-order valence-electron chi connectivity index (χ1n) is 14.6. The molecule has 4 fully saturated rings. The molecule has 4 aliphatic rings. The summed E-state index contributed by atoms with van der Waals surface area (Å²) in [5, 5.41) is 11.3. The zero-order valence-corrected chi connectivity index (χ0v) is 23.4. The van der Waals surface area contributed by atoms with Crippen molar-refractivity contribution >= 4 is 5.97 Å². The van der Waals surface area contributed by atoms with E-state index in [2.05, 4.69) is 53.7 Å². The third-order valence-electron chi connectivity index (χ3n) is 11.8. The van der Waals surface area contributed by atoms with Gasteiger partial charge in [0.2, 0.25) is 0 Å². The molecule has 0 aliphatic heterocycles. The zero-order valence-electron chi connectivity index (χ0n) is 23.4. The molecule has 1 N–H and O–H groups in total. The highest BCUT2D eigenvalue weighted by molar-refractivity contribution is 5.66. The maximum atomic E-state index is 16.7. The van der Waals surface area contributed by atoms with Crippen LogP contribution in [-0.4, -0.2) is 29.0 Å². The predicted molar refractivity (Wildman–Crippen MR) is 139 cm³/mol. The molecule has 35 heavy (non-hydrogen) atoms. The fourth-order valence-corrected chi connectivity index (χ4v) is 9.72. The van der Waals surface area contributed by atoms with Gasteiger partial charge < -0.3 is 9.84 Å². The Kier molecular flexibility index (Phi) is 7.57. The minimum Gasteiger partial charge on any atom is -0.462 e. The molecule has 0 aromatic rings. The van der Waals surface area contributed by atoms with Gasteiger partial charge in [-0.15, -0.1) is 0 Å². The molecule has 11 atom stereocenters. The summed E-state index contributed by atoms with van der Waals surface area (Å²) in [5.74, 6) is 3.45. The lowest BCUT2D eigenvalue weighted by molar-refractivity contribution is -0.235. The summed E-state index contributed by atoms with van der Waals surface area (Å²) in [4.78, 5) is 11.5. The molecule has 4 aliphatic carbocycles. The number of alkyl halides is 1. The summed E-state index contributed by atoms with van der Waals surface area (Å²) >= 11 is 0. The SMILES string of the molecule is CC[C@H](/C=C/[C@@H](C)[C@H]1CC[C@H]2[C@@H]3C[C@@H](O)[C@@]4(F)C[C@@H](OC(C)=O)CC[C@]4(C)[C@H]3CC[C@]12C)C(C)C. The fourth-order valence-electron chi connectivity index (χ4n) is 9.72. The number of hydrogen-bond donors (Lipinski definition) is 1. The van der Waals surface area contributed by atoms with Crippen LogP contribution in [0.25, 0.3) is 0 Å². The van der Waals surface area contributed by atoms with Crippen molar-refractivity contribution in [3.8, 4) is 0 Å². The van der Waals surface area contributed by atoms with Crippen molar-refractivity contribution < 1.29 is 19.0 Å². The van der Waals surface area contributed by atoms with Crippen LogP contribution in [0.3, 0.4) is 0 Å². The Morgan fingerprint density at radius 2 is 1.80 bits per heavy atom. The first kappa shape index (κ1) is 27.1. The van der Waals surface area contributed by atoms with Crippen LogP contribution in [0, 0.1) is 52.3 Å². The second kappa shape index (κ2) is 9.76. The molecule has 0 aromatic carbocycles. The lowest BCUT2D eigenvalue weighted by Gasteiger charge is -2.64. The number of rotatable bonds is 6. The Hall–Kier alpha value is -0.900. The molecule has 0 bridgehead atoms. The highest BCUT2D eigenvalue weighted by Crippen LogP contribution is 2.70. The van der Waals surface area contributed by atoms with E-state index in [-0.39, 0.29) is 17.8 Å². The molecule has 4 rings (SSSR count). The van der Waals surface area contributed by atoms with Crippen molar-refractivity contribution in [3.05, 3.63) is 12.2 Å². The van der Waals surface area contributed by atoms with Crippen molar-refractivity contribution in [3.63, 3.8) is 0 Å². The molecule has 0 amide bonds. The van der Waals surface area contributed by atoms with E-state index in [0.29, 0.717) is 60.7 Å². The summed E-state index contributed by atoms with van der Waals surface area (Å²) in [6.45, 7) is 15.3. The van der Waals surface area contributed by atoms with E-state index in [4.69, 9.17) is 4.74 Å². The van der Waals surface area contributed by atoms with Crippen molar-refractivity contribution in [1.82, 2.24) is 0 Å². The van der Waals surface area contributed by atoms with Gasteiger partial charge in [0.05, 0.1) is 6.10 Å². The van der Waals surface area contributed by atoms with E-state index >= 15 is 4.39 Å². The van der Waals surface area contributed by atoms with Crippen LogP contribution in [0.2, 0.25) is 0 Å². The first-order chi connectivity index (χ1) is 16.4. The molecule has 0 saturated heterocycles. The van der Waals surface area contributed by atoms with Crippen LogP contribution in [0.4, 0.5) is 4.39 Å². The number of aliphatic hydroxyl groups excluding tert-OH is 1. The third kappa shape index (κ3) is 4.42. The Labute approximate surface area is 213 Å². The molecular formula is C31H51FO3. The van der Waals surface area contributed by atoms with Crippen LogP contribution in [0.15, 0.2) is 12.2 Å². The van der Waals surface area contributed by atoms with E-state index in [1.807, 2.05) is 0 Å². The minimum absolute atomic E-state index is 0.147. The van der Waals surface area contributed by atoms with Crippen molar-refractivity contribution in [2.75, 3.05) is 0 Å². The normalized spacial score (nSPS) is 47.1. The summed E-state index contributed by atoms with van der Waals surface area (Å²) in [6.07, 6.45) is 11.6. The topological polar surface area (TPSA) is 46.5 Å². The lowest BCUT2D eigenvalue weighted by Crippen LogP contribution is -2.66. The van der Waals surface area contributed by atoms with E-state index in [1.54, 1.807) is 0 Å². The molecule has 0 spiro atoms. The molecule has 0 radical (unpaired) electrons. The maximum absolute atomic E-state index is 16.7. The van der Waals surface area contributed by atoms with Gasteiger partial charge in [0, 0.05) is 18.8 Å². The van der Waals surface area contributed by atoms with Gasteiger partial charge in [-0.2, -0.15) is 0 Å². The number of esters is 1. The fraction of sp³-hybridized carbons (Fsp3) is 0.903. The molecule has 3 nitrogen and oxygen atoms in total. The summed E-state index contributed by atoms with van der Waals surface area (Å²) in [7, 11) is 0. The average molecular weight is 491 g/mol. The Bertz CT molecular complexity index is 809. The number of allylic oxidation sites excluding steroid dienone is 2. The number of carbonyl (C=O) groups is 1. The molecular weight excluding hydrogens is 439 g/mol. The zero-order chi connectivity index (χ0) is 25.8. The number of halogens is 1. The van der Waals surface area contributed by atoms with Gasteiger partial charge in [0.1, 0.15) is 11.8 Å². The second-order valence-electron chi connectivity index (χ2n) is 13.7. The molecule has 4 saturated carbocycles. The average Bonchev–Trinajstić information content (AvgIpc) is 3.13. The standard InChI is InChI=1S/C31H51FO3/c1-8-22(19(2)3)10-9-20(4)25-11-12-26-24-17-28(34)31(32)18-23(35-21(5)33)13-16-30(31,7)27(24)14-15-29(25,26)6/h9-10,19-20,22-28,34H,8,11-18H2,1-7H3/b10-9+/t20-,22-,23+,24+,25-,26+,27+,28-,29-,30-,31+/m1/s1. The molecule has 4 heteroatoms. The first-order valence-corrected chi connectivity index (χ1v) is 14.6. The predicted octanol–water partition coefficient (Wildman–Crippen LogP) is 7.51. The van der Waals surface area contributed by atoms with Gasteiger partial charge in [-0.1, -0.05) is 53.7 Å². The van der Waals surface area contributed by atoms with Crippen LogP contribution in [0.5, 0.6) is 0 Å². The lowest BCUT2D eigenvalue weighted by atomic mass is 9.43. The number of ether oxygens (including phenoxy) is 1. The Morgan fingerprint density at radius 3 is 2.43 bits per heavy atom. The summed E-state index contributed by atoms with van der Waals surface area (Å²) in [6, 6.07) is 0. The molecule has 0 heterocycles. The number of hydrogen-bond acceptors (Lipinski definition) is 3. The number of aliphatic hydroxyl groups is 1. The van der Waals surface area contributed by atoms with E-state index in [9.17, 15) is 9.90 Å². The van der Waals surface area contributed by atoms with E-state index in [0.717, 1.165) is 12.8 Å². The monoisotopic (exact) mass is 490 g/mol. The van der Waals surface area contributed by atoms with E-state index in [1.165, 1.54) is 26.2 Å². The quantitative estimate of drug-likeness (QED) is 0.309. The Morgan fingerprint density at radius 1 is 1.09 bits per heavy atom. The molecule has 0 aromatic heterocycles. The van der Waals surface area contributed by atoms with Gasteiger partial charge in [0.25, 0.3) is 0 Å². The second-order valence-corrected chi connectivity index (χ2v) is 13.7. The van der Waals surface area contributed by atoms with Crippen LogP contribution >= 0.6 is 0 Å². The van der Waals surface area contributed by atoms with Gasteiger partial charge in [0.15, 0.2) is 0 Å².